The number of nitrogens with zero attached hydrogens (tertiary/aromatic N) is 2. The Hall–Kier alpha value is -1.87. The van der Waals surface area contributed by atoms with Gasteiger partial charge in [0.15, 0.2) is 0 Å². The highest BCUT2D eigenvalue weighted by atomic mass is 79.9. The van der Waals surface area contributed by atoms with E-state index in [9.17, 15) is 8.42 Å². The van der Waals surface area contributed by atoms with Crippen LogP contribution in [0.4, 0.5) is 5.82 Å². The lowest BCUT2D eigenvalue weighted by atomic mass is 10.2. The minimum Gasteiger partial charge on any atom is -0.470 e. The van der Waals surface area contributed by atoms with Crippen molar-refractivity contribution in [3.63, 3.8) is 0 Å². The molecule has 10 heteroatoms. The molecule has 27 heavy (non-hydrogen) atoms. The average Bonchev–Trinajstić information content (AvgIpc) is 2.64. The molecule has 0 bridgehead atoms. The second-order valence-electron chi connectivity index (χ2n) is 5.28. The minimum absolute atomic E-state index is 0.0231. The maximum absolute atomic E-state index is 12.7. The maximum atomic E-state index is 12.7. The summed E-state index contributed by atoms with van der Waals surface area (Å²) in [5.41, 5.74) is 0.894. The lowest BCUT2D eigenvalue weighted by molar-refractivity contribution is 0.294. The molecular formula is C17H12BrCl2N3O3S. The summed E-state index contributed by atoms with van der Waals surface area (Å²) in [6.07, 6.45) is 1.35. The molecule has 0 aliphatic carbocycles. The summed E-state index contributed by atoms with van der Waals surface area (Å²) in [7, 11) is -4.05. The van der Waals surface area contributed by atoms with Crippen molar-refractivity contribution in [3.05, 3.63) is 74.9 Å². The highest BCUT2D eigenvalue weighted by Crippen LogP contribution is 2.31. The molecule has 1 aromatic heterocycles. The van der Waals surface area contributed by atoms with E-state index >= 15 is 0 Å². The Morgan fingerprint density at radius 1 is 1.07 bits per heavy atom. The Morgan fingerprint density at radius 3 is 2.56 bits per heavy atom. The van der Waals surface area contributed by atoms with E-state index in [0.717, 1.165) is 5.56 Å². The van der Waals surface area contributed by atoms with Crippen LogP contribution in [0, 0.1) is 0 Å². The summed E-state index contributed by atoms with van der Waals surface area (Å²) >= 11 is 15.1. The number of hydrogen-bond donors (Lipinski definition) is 1. The number of halogens is 3. The van der Waals surface area contributed by atoms with Crippen LogP contribution >= 0.6 is 39.1 Å². The number of rotatable bonds is 6. The lowest BCUT2D eigenvalue weighted by Crippen LogP contribution is -2.16. The second kappa shape index (κ2) is 8.43. The zero-order valence-electron chi connectivity index (χ0n) is 13.6. The van der Waals surface area contributed by atoms with Gasteiger partial charge < -0.3 is 4.74 Å². The first-order valence-corrected chi connectivity index (χ1v) is 10.6. The molecule has 0 saturated heterocycles. The standard InChI is InChI=1S/C17H12BrCl2N3O3S/c18-14-9-21-16(17(22-14)26-10-11-5-2-1-3-6-11)23-27(24,25)13-8-4-7-12(19)15(13)20/h1-9H,10H2,(H,21,23). The number of sulfonamides is 1. The Bertz CT molecular complexity index is 1070. The van der Waals surface area contributed by atoms with Crippen molar-refractivity contribution in [2.24, 2.45) is 0 Å². The minimum atomic E-state index is -4.05. The summed E-state index contributed by atoms with van der Waals surface area (Å²) < 4.78 is 33.8. The fourth-order valence-electron chi connectivity index (χ4n) is 2.12. The first kappa shape index (κ1) is 19.9. The van der Waals surface area contributed by atoms with Crippen molar-refractivity contribution in [2.45, 2.75) is 11.5 Å². The zero-order valence-corrected chi connectivity index (χ0v) is 17.5. The molecule has 0 aliphatic heterocycles. The zero-order chi connectivity index (χ0) is 19.4. The third-order valence-electron chi connectivity index (χ3n) is 3.37. The van der Waals surface area contributed by atoms with E-state index in [4.69, 9.17) is 27.9 Å². The van der Waals surface area contributed by atoms with E-state index in [2.05, 4.69) is 30.6 Å². The molecule has 3 aromatic rings. The van der Waals surface area contributed by atoms with Gasteiger partial charge in [-0.05, 0) is 33.6 Å². The highest BCUT2D eigenvalue weighted by Gasteiger charge is 2.22. The smallest absolute Gasteiger partial charge is 0.264 e. The summed E-state index contributed by atoms with van der Waals surface area (Å²) in [6, 6.07) is 13.7. The first-order chi connectivity index (χ1) is 12.9. The lowest BCUT2D eigenvalue weighted by Gasteiger charge is -2.13. The molecule has 0 saturated carbocycles. The Labute approximate surface area is 174 Å². The summed E-state index contributed by atoms with van der Waals surface area (Å²) in [6.45, 7) is 0.193. The fourth-order valence-corrected chi connectivity index (χ4v) is 4.16. The summed E-state index contributed by atoms with van der Waals surface area (Å²) in [5, 5.41) is 0.0467. The van der Waals surface area contributed by atoms with E-state index in [1.807, 2.05) is 30.3 Å². The van der Waals surface area contributed by atoms with Gasteiger partial charge in [0.05, 0.1) is 16.2 Å². The predicted octanol–water partition coefficient (Wildman–Crippen LogP) is 4.93. The normalized spacial score (nSPS) is 11.2. The van der Waals surface area contributed by atoms with Gasteiger partial charge >= 0.3 is 0 Å². The van der Waals surface area contributed by atoms with Crippen molar-refractivity contribution in [1.82, 2.24) is 9.97 Å². The molecular weight excluding hydrogens is 477 g/mol. The molecule has 0 unspecified atom stereocenters. The molecule has 2 aromatic carbocycles. The SMILES string of the molecule is O=S(=O)(Nc1ncc(Br)nc1OCc1ccccc1)c1cccc(Cl)c1Cl. The van der Waals surface area contributed by atoms with E-state index in [-0.39, 0.29) is 33.2 Å². The van der Waals surface area contributed by atoms with Crippen molar-refractivity contribution in [1.29, 1.82) is 0 Å². The molecule has 1 heterocycles. The largest absolute Gasteiger partial charge is 0.470 e. The monoisotopic (exact) mass is 487 g/mol. The van der Waals surface area contributed by atoms with E-state index in [0.29, 0.717) is 4.60 Å². The molecule has 0 atom stereocenters. The van der Waals surface area contributed by atoms with Crippen molar-refractivity contribution < 1.29 is 13.2 Å². The average molecular weight is 489 g/mol. The Morgan fingerprint density at radius 2 is 1.81 bits per heavy atom. The van der Waals surface area contributed by atoms with Crippen LogP contribution in [0.25, 0.3) is 0 Å². The van der Waals surface area contributed by atoms with Crippen LogP contribution in [0.1, 0.15) is 5.56 Å². The number of benzene rings is 2. The number of nitrogens with one attached hydrogen (secondary N) is 1. The van der Waals surface area contributed by atoms with Crippen LogP contribution in [-0.4, -0.2) is 18.4 Å². The van der Waals surface area contributed by atoms with Crippen molar-refractivity contribution in [3.8, 4) is 5.88 Å². The molecule has 0 radical (unpaired) electrons. The molecule has 140 valence electrons. The van der Waals surface area contributed by atoms with Gasteiger partial charge in [-0.15, -0.1) is 0 Å². The van der Waals surface area contributed by atoms with Crippen LogP contribution in [0.15, 0.2) is 64.2 Å². The van der Waals surface area contributed by atoms with E-state index in [1.54, 1.807) is 0 Å². The molecule has 0 aliphatic rings. The van der Waals surface area contributed by atoms with Gasteiger partial charge in [0.1, 0.15) is 16.1 Å². The van der Waals surface area contributed by atoms with Gasteiger partial charge in [0.25, 0.3) is 15.9 Å². The van der Waals surface area contributed by atoms with Gasteiger partial charge in [0.2, 0.25) is 5.82 Å². The third-order valence-corrected chi connectivity index (χ3v) is 6.06. The van der Waals surface area contributed by atoms with Gasteiger partial charge in [-0.3, -0.25) is 4.72 Å². The molecule has 1 N–H and O–H groups in total. The van der Waals surface area contributed by atoms with Crippen LogP contribution < -0.4 is 9.46 Å². The Balaban J connectivity index is 1.89. The van der Waals surface area contributed by atoms with Gasteiger partial charge in [-0.25, -0.2) is 18.4 Å². The molecule has 3 rings (SSSR count). The summed E-state index contributed by atoms with van der Waals surface area (Å²) in [4.78, 5) is 8.03. The molecule has 6 nitrogen and oxygen atoms in total. The second-order valence-corrected chi connectivity index (χ2v) is 8.53. The van der Waals surface area contributed by atoms with Gasteiger partial charge in [-0.1, -0.05) is 59.6 Å². The Kier molecular flexibility index (Phi) is 6.21. The van der Waals surface area contributed by atoms with E-state index in [1.165, 1.54) is 24.4 Å². The summed E-state index contributed by atoms with van der Waals surface area (Å²) in [5.74, 6) is -0.0415. The number of aromatic nitrogens is 2. The van der Waals surface area contributed by atoms with Crippen molar-refractivity contribution in [2.75, 3.05) is 4.72 Å². The van der Waals surface area contributed by atoms with E-state index < -0.39 is 10.0 Å². The first-order valence-electron chi connectivity index (χ1n) is 7.53. The van der Waals surface area contributed by atoms with Crippen LogP contribution in [0.2, 0.25) is 10.0 Å². The highest BCUT2D eigenvalue weighted by molar-refractivity contribution is 9.10. The molecule has 0 amide bonds. The number of anilines is 1. The van der Waals surface area contributed by atoms with Gasteiger partial charge in [-0.2, -0.15) is 0 Å². The van der Waals surface area contributed by atoms with Crippen LogP contribution in [-0.2, 0) is 16.6 Å². The topological polar surface area (TPSA) is 81.2 Å². The van der Waals surface area contributed by atoms with Crippen LogP contribution in [0.5, 0.6) is 5.88 Å². The number of hydrogen-bond acceptors (Lipinski definition) is 5. The number of ether oxygens (including phenoxy) is 1. The van der Waals surface area contributed by atoms with Gasteiger partial charge in [0, 0.05) is 0 Å². The fraction of sp³-hybridized carbons (Fsp3) is 0.0588. The predicted molar refractivity (Wildman–Crippen MR) is 108 cm³/mol. The quantitative estimate of drug-likeness (QED) is 0.532. The maximum Gasteiger partial charge on any atom is 0.264 e. The third kappa shape index (κ3) is 4.90. The van der Waals surface area contributed by atoms with Crippen LogP contribution in [0.3, 0.4) is 0 Å². The molecule has 0 fully saturated rings. The van der Waals surface area contributed by atoms with Crippen molar-refractivity contribution >= 4 is 55.0 Å². The molecule has 0 spiro atoms.